The molecule has 0 amide bonds. The van der Waals surface area contributed by atoms with Gasteiger partial charge in [0.25, 0.3) is 0 Å². The maximum absolute atomic E-state index is 10.4. The number of benzene rings is 2. The van der Waals surface area contributed by atoms with Gasteiger partial charge in [-0.15, -0.1) is 6.58 Å². The van der Waals surface area contributed by atoms with Crippen molar-refractivity contribution in [2.24, 2.45) is 5.92 Å². The molecule has 0 saturated carbocycles. The molecule has 2 bridgehead atoms. The van der Waals surface area contributed by atoms with E-state index in [9.17, 15) is 5.26 Å². The van der Waals surface area contributed by atoms with Crippen LogP contribution in [-0.4, -0.2) is 23.5 Å². The highest BCUT2D eigenvalue weighted by molar-refractivity contribution is 5.46. The molecule has 2 aliphatic heterocycles. The van der Waals surface area contributed by atoms with E-state index in [0.29, 0.717) is 18.0 Å². The van der Waals surface area contributed by atoms with Crippen LogP contribution in [0.15, 0.2) is 73.3 Å². The number of rotatable bonds is 6. The Morgan fingerprint density at radius 3 is 1.93 bits per heavy atom. The average Bonchev–Trinajstić information content (AvgIpc) is 2.96. The van der Waals surface area contributed by atoms with Crippen LogP contribution in [0.2, 0.25) is 0 Å². The maximum atomic E-state index is 10.4. The van der Waals surface area contributed by atoms with Crippen LogP contribution in [0.5, 0.6) is 0 Å². The topological polar surface area (TPSA) is 27.0 Å². The van der Waals surface area contributed by atoms with E-state index in [0.717, 1.165) is 24.1 Å². The first-order chi connectivity index (χ1) is 13.3. The van der Waals surface area contributed by atoms with E-state index in [4.69, 9.17) is 0 Å². The highest BCUT2D eigenvalue weighted by Gasteiger charge is 2.44. The number of nitriles is 1. The van der Waals surface area contributed by atoms with Gasteiger partial charge in [-0.05, 0) is 49.1 Å². The van der Waals surface area contributed by atoms with Crippen molar-refractivity contribution < 1.29 is 0 Å². The van der Waals surface area contributed by atoms with Crippen molar-refractivity contribution in [3.8, 4) is 6.07 Å². The second kappa shape index (κ2) is 7.71. The van der Waals surface area contributed by atoms with Gasteiger partial charge < -0.3 is 0 Å². The third kappa shape index (κ3) is 3.33. The van der Waals surface area contributed by atoms with Crippen molar-refractivity contribution in [3.05, 3.63) is 84.4 Å². The zero-order valence-electron chi connectivity index (χ0n) is 15.9. The Balaban J connectivity index is 1.65. The first-order valence-corrected chi connectivity index (χ1v) is 10.2. The first kappa shape index (κ1) is 18.0. The molecule has 2 fully saturated rings. The molecular weight excluding hydrogens is 328 g/mol. The molecular formula is C25H28N2. The summed E-state index contributed by atoms with van der Waals surface area (Å²) in [5.74, 6) is 0.587. The molecule has 2 heteroatoms. The molecule has 4 rings (SSSR count). The smallest absolute Gasteiger partial charge is 0.107 e. The Morgan fingerprint density at radius 2 is 1.48 bits per heavy atom. The maximum Gasteiger partial charge on any atom is 0.107 e. The molecule has 0 N–H and O–H groups in total. The van der Waals surface area contributed by atoms with Crippen LogP contribution in [-0.2, 0) is 5.41 Å². The third-order valence-electron chi connectivity index (χ3n) is 6.64. The fourth-order valence-corrected chi connectivity index (χ4v) is 5.46. The molecule has 0 aliphatic carbocycles. The van der Waals surface area contributed by atoms with E-state index in [1.54, 1.807) is 0 Å². The highest BCUT2D eigenvalue weighted by Crippen LogP contribution is 2.45. The zero-order valence-corrected chi connectivity index (χ0v) is 15.9. The molecule has 138 valence electrons. The number of hydrogen-bond acceptors (Lipinski definition) is 2. The Morgan fingerprint density at radius 1 is 0.963 bits per heavy atom. The lowest BCUT2D eigenvalue weighted by Crippen LogP contribution is -2.44. The van der Waals surface area contributed by atoms with Gasteiger partial charge in [0.15, 0.2) is 0 Å². The van der Waals surface area contributed by atoms with E-state index in [2.05, 4.69) is 66.1 Å². The van der Waals surface area contributed by atoms with Crippen LogP contribution >= 0.6 is 0 Å². The predicted octanol–water partition coefficient (Wildman–Crippen LogP) is 5.32. The molecule has 27 heavy (non-hydrogen) atoms. The quantitative estimate of drug-likeness (QED) is 0.655. The summed E-state index contributed by atoms with van der Waals surface area (Å²) in [5, 5.41) is 10.4. The summed E-state index contributed by atoms with van der Waals surface area (Å²) in [6, 6.07) is 24.9. The summed E-state index contributed by atoms with van der Waals surface area (Å²) < 4.78 is 0. The van der Waals surface area contributed by atoms with Gasteiger partial charge in [-0.1, -0.05) is 66.7 Å². The normalized spacial score (nSPS) is 25.1. The van der Waals surface area contributed by atoms with E-state index >= 15 is 0 Å². The van der Waals surface area contributed by atoms with Gasteiger partial charge in [-0.25, -0.2) is 0 Å². The van der Waals surface area contributed by atoms with Gasteiger partial charge in [0.2, 0.25) is 0 Å². The van der Waals surface area contributed by atoms with Gasteiger partial charge in [-0.3, -0.25) is 4.90 Å². The van der Waals surface area contributed by atoms with E-state index in [1.807, 2.05) is 18.2 Å². The predicted molar refractivity (Wildman–Crippen MR) is 110 cm³/mol. The summed E-state index contributed by atoms with van der Waals surface area (Å²) in [5.41, 5.74) is 1.69. The largest absolute Gasteiger partial charge is 0.294 e. The first-order valence-electron chi connectivity index (χ1n) is 10.2. The Labute approximate surface area is 163 Å². The van der Waals surface area contributed by atoms with Crippen LogP contribution in [0.1, 0.15) is 43.2 Å². The van der Waals surface area contributed by atoms with Crippen molar-refractivity contribution in [2.45, 2.75) is 49.6 Å². The van der Waals surface area contributed by atoms with Crippen molar-refractivity contribution in [1.29, 1.82) is 5.26 Å². The van der Waals surface area contributed by atoms with Crippen LogP contribution in [0.3, 0.4) is 0 Å². The molecule has 2 heterocycles. The second-order valence-electron chi connectivity index (χ2n) is 8.16. The molecule has 2 aromatic rings. The molecule has 2 aromatic carbocycles. The molecule has 2 saturated heterocycles. The SMILES string of the molecule is C=CCN1[C@@H]2CC[C@H]1C[C@@H](CC(C#N)(c1ccccc1)c1ccccc1)C2. The molecule has 3 atom stereocenters. The third-order valence-corrected chi connectivity index (χ3v) is 6.64. The minimum atomic E-state index is -0.562. The molecule has 0 radical (unpaired) electrons. The van der Waals surface area contributed by atoms with Crippen LogP contribution in [0.25, 0.3) is 0 Å². The molecule has 0 spiro atoms. The second-order valence-corrected chi connectivity index (χ2v) is 8.16. The number of fused-ring (bicyclic) bond motifs is 2. The van der Waals surface area contributed by atoms with E-state index < -0.39 is 5.41 Å². The van der Waals surface area contributed by atoms with Gasteiger partial charge in [0, 0.05) is 18.6 Å². The lowest BCUT2D eigenvalue weighted by molar-refractivity contribution is 0.108. The fraction of sp³-hybridized carbons (Fsp3) is 0.400. The fourth-order valence-electron chi connectivity index (χ4n) is 5.46. The minimum Gasteiger partial charge on any atom is -0.294 e. The van der Waals surface area contributed by atoms with Crippen molar-refractivity contribution in [2.75, 3.05) is 6.54 Å². The lowest BCUT2D eigenvalue weighted by atomic mass is 9.68. The lowest BCUT2D eigenvalue weighted by Gasteiger charge is -2.41. The molecule has 2 aliphatic rings. The minimum absolute atomic E-state index is 0.562. The monoisotopic (exact) mass is 356 g/mol. The van der Waals surface area contributed by atoms with Crippen molar-refractivity contribution >= 4 is 0 Å². The van der Waals surface area contributed by atoms with Gasteiger partial charge in [0.05, 0.1) is 6.07 Å². The summed E-state index contributed by atoms with van der Waals surface area (Å²) in [4.78, 5) is 2.64. The van der Waals surface area contributed by atoms with Crippen molar-refractivity contribution in [3.63, 3.8) is 0 Å². The number of piperidine rings is 1. The summed E-state index contributed by atoms with van der Waals surface area (Å²) in [7, 11) is 0. The van der Waals surface area contributed by atoms with E-state index in [1.165, 1.54) is 25.7 Å². The van der Waals surface area contributed by atoms with E-state index in [-0.39, 0.29) is 0 Å². The van der Waals surface area contributed by atoms with Gasteiger partial charge in [0.1, 0.15) is 5.41 Å². The number of nitrogens with zero attached hydrogens (tertiary/aromatic N) is 2. The highest BCUT2D eigenvalue weighted by atomic mass is 15.2. The van der Waals surface area contributed by atoms with Crippen LogP contribution in [0.4, 0.5) is 0 Å². The average molecular weight is 357 g/mol. The zero-order chi connectivity index (χ0) is 18.7. The summed E-state index contributed by atoms with van der Waals surface area (Å²) in [6.45, 7) is 4.94. The summed E-state index contributed by atoms with van der Waals surface area (Å²) in [6.07, 6.45) is 7.95. The van der Waals surface area contributed by atoms with Gasteiger partial charge >= 0.3 is 0 Å². The number of hydrogen-bond donors (Lipinski definition) is 0. The Kier molecular flexibility index (Phi) is 5.14. The molecule has 0 aromatic heterocycles. The molecule has 2 nitrogen and oxygen atoms in total. The van der Waals surface area contributed by atoms with Crippen LogP contribution < -0.4 is 0 Å². The van der Waals surface area contributed by atoms with Crippen molar-refractivity contribution in [1.82, 2.24) is 4.90 Å². The summed E-state index contributed by atoms with van der Waals surface area (Å²) >= 11 is 0. The molecule has 0 unspecified atom stereocenters. The Hall–Kier alpha value is -2.37. The Bertz CT molecular complexity index is 752. The van der Waals surface area contributed by atoms with Gasteiger partial charge in [-0.2, -0.15) is 5.26 Å². The standard InChI is InChI=1S/C25H28N2/c1-2-15-27-23-13-14-24(27)17-20(16-23)18-25(19-26,21-9-5-3-6-10-21)22-11-7-4-8-12-22/h2-12,20,23-24H,1,13-18H2/t20-,23+,24-. The van der Waals surface area contributed by atoms with Crippen LogP contribution in [0, 0.1) is 17.2 Å².